The molecule has 2 aromatic rings. The lowest BCUT2D eigenvalue weighted by Gasteiger charge is -2.30. The highest BCUT2D eigenvalue weighted by Gasteiger charge is 2.35. The lowest BCUT2D eigenvalue weighted by Crippen LogP contribution is -2.44. The van der Waals surface area contributed by atoms with E-state index in [9.17, 15) is 18.0 Å². The number of nitrogens with zero attached hydrogens (tertiary/aromatic N) is 4. The van der Waals surface area contributed by atoms with E-state index in [0.29, 0.717) is 38.2 Å². The maximum Gasteiger partial charge on any atom is 0.416 e. The molecular formula is C18H19F3N6O2. The van der Waals surface area contributed by atoms with E-state index in [0.717, 1.165) is 12.1 Å². The summed E-state index contributed by atoms with van der Waals surface area (Å²) in [6.45, 7) is 4.22. The third-order valence-corrected chi connectivity index (χ3v) is 4.87. The SMILES string of the molecule is CCC1OC(=O)Nc2ncnc(-c3cc(C(F)(F)F)cc(N4CCNCC4)n3)c21. The Hall–Kier alpha value is -2.95. The molecule has 11 heteroatoms. The number of amides is 1. The van der Waals surface area contributed by atoms with Crippen LogP contribution in [0.5, 0.6) is 0 Å². The Kier molecular flexibility index (Phi) is 4.99. The Morgan fingerprint density at radius 2 is 2.00 bits per heavy atom. The first-order valence-corrected chi connectivity index (χ1v) is 9.24. The summed E-state index contributed by atoms with van der Waals surface area (Å²) < 4.78 is 46.0. The van der Waals surface area contributed by atoms with Crippen LogP contribution in [0.25, 0.3) is 11.4 Å². The van der Waals surface area contributed by atoms with Crippen LogP contribution in [0.2, 0.25) is 0 Å². The van der Waals surface area contributed by atoms with Gasteiger partial charge in [0.05, 0.1) is 16.8 Å². The number of cyclic esters (lactones) is 1. The second kappa shape index (κ2) is 7.47. The highest BCUT2D eigenvalue weighted by Crippen LogP contribution is 2.39. The number of hydrogen-bond donors (Lipinski definition) is 2. The van der Waals surface area contributed by atoms with Gasteiger partial charge in [-0.15, -0.1) is 0 Å². The van der Waals surface area contributed by atoms with Crippen molar-refractivity contribution in [1.29, 1.82) is 0 Å². The van der Waals surface area contributed by atoms with Gasteiger partial charge in [-0.25, -0.2) is 19.7 Å². The van der Waals surface area contributed by atoms with Crippen molar-refractivity contribution in [3.05, 3.63) is 29.6 Å². The largest absolute Gasteiger partial charge is 0.441 e. The Morgan fingerprint density at radius 1 is 1.24 bits per heavy atom. The quantitative estimate of drug-likeness (QED) is 0.807. The summed E-state index contributed by atoms with van der Waals surface area (Å²) >= 11 is 0. The minimum atomic E-state index is -4.54. The van der Waals surface area contributed by atoms with Gasteiger partial charge >= 0.3 is 12.3 Å². The van der Waals surface area contributed by atoms with Gasteiger partial charge in [-0.05, 0) is 18.6 Å². The number of hydrogen-bond acceptors (Lipinski definition) is 7. The lowest BCUT2D eigenvalue weighted by atomic mass is 10.0. The van der Waals surface area contributed by atoms with Crippen LogP contribution in [0.15, 0.2) is 18.5 Å². The molecule has 1 amide bonds. The fourth-order valence-corrected chi connectivity index (χ4v) is 3.46. The molecule has 1 fully saturated rings. The van der Waals surface area contributed by atoms with Crippen LogP contribution in [-0.4, -0.2) is 47.2 Å². The van der Waals surface area contributed by atoms with Crippen LogP contribution in [0.3, 0.4) is 0 Å². The van der Waals surface area contributed by atoms with E-state index in [1.807, 2.05) is 0 Å². The number of piperazine rings is 1. The van der Waals surface area contributed by atoms with Crippen LogP contribution in [0.4, 0.5) is 29.6 Å². The van der Waals surface area contributed by atoms with Crippen molar-refractivity contribution in [2.75, 3.05) is 36.4 Å². The summed E-state index contributed by atoms with van der Waals surface area (Å²) in [5.74, 6) is 0.457. The Balaban J connectivity index is 1.87. The molecule has 1 unspecified atom stereocenters. The summed E-state index contributed by atoms with van der Waals surface area (Å²) in [5.41, 5.74) is -0.112. The Morgan fingerprint density at radius 3 is 2.69 bits per heavy atom. The first-order chi connectivity index (χ1) is 13.9. The van der Waals surface area contributed by atoms with Gasteiger partial charge in [0.1, 0.15) is 29.8 Å². The average molecular weight is 408 g/mol. The summed E-state index contributed by atoms with van der Waals surface area (Å²) in [5, 5.41) is 5.64. The average Bonchev–Trinajstić information content (AvgIpc) is 2.72. The van der Waals surface area contributed by atoms with Gasteiger partial charge in [0.2, 0.25) is 0 Å². The number of anilines is 2. The van der Waals surface area contributed by atoms with E-state index < -0.39 is 23.9 Å². The molecule has 1 saturated heterocycles. The highest BCUT2D eigenvalue weighted by atomic mass is 19.4. The predicted molar refractivity (Wildman–Crippen MR) is 98.5 cm³/mol. The molecule has 0 radical (unpaired) electrons. The predicted octanol–water partition coefficient (Wildman–Crippen LogP) is 2.98. The summed E-state index contributed by atoms with van der Waals surface area (Å²) in [4.78, 5) is 26.2. The lowest BCUT2D eigenvalue weighted by molar-refractivity contribution is -0.137. The summed E-state index contributed by atoms with van der Waals surface area (Å²) in [6.07, 6.45) is -4.26. The Bertz CT molecular complexity index is 930. The van der Waals surface area contributed by atoms with Crippen LogP contribution >= 0.6 is 0 Å². The van der Waals surface area contributed by atoms with Crippen molar-refractivity contribution in [3.63, 3.8) is 0 Å². The molecule has 2 aromatic heterocycles. The highest BCUT2D eigenvalue weighted by molar-refractivity contribution is 5.88. The molecular weight excluding hydrogens is 389 g/mol. The first-order valence-electron chi connectivity index (χ1n) is 9.24. The molecule has 0 bridgehead atoms. The van der Waals surface area contributed by atoms with E-state index in [1.165, 1.54) is 6.33 Å². The van der Waals surface area contributed by atoms with Crippen LogP contribution in [0.1, 0.15) is 30.6 Å². The van der Waals surface area contributed by atoms with Gasteiger partial charge in [0, 0.05) is 26.2 Å². The molecule has 8 nitrogen and oxygen atoms in total. The number of halogens is 3. The van der Waals surface area contributed by atoms with Gasteiger partial charge < -0.3 is 15.0 Å². The third-order valence-electron chi connectivity index (χ3n) is 4.87. The number of carbonyl (C=O) groups is 1. The van der Waals surface area contributed by atoms with Crippen molar-refractivity contribution in [3.8, 4) is 11.4 Å². The molecule has 2 aliphatic rings. The van der Waals surface area contributed by atoms with Crippen molar-refractivity contribution in [1.82, 2.24) is 20.3 Å². The molecule has 4 heterocycles. The molecule has 0 spiro atoms. The van der Waals surface area contributed by atoms with Crippen LogP contribution < -0.4 is 15.5 Å². The molecule has 154 valence electrons. The van der Waals surface area contributed by atoms with Gasteiger partial charge in [0.15, 0.2) is 0 Å². The van der Waals surface area contributed by atoms with Crippen LogP contribution in [0, 0.1) is 0 Å². The number of ether oxygens (including phenoxy) is 1. The number of alkyl halides is 3. The molecule has 2 aliphatic heterocycles. The molecule has 29 heavy (non-hydrogen) atoms. The van der Waals surface area contributed by atoms with Gasteiger partial charge in [0.25, 0.3) is 0 Å². The molecule has 1 atom stereocenters. The van der Waals surface area contributed by atoms with E-state index in [2.05, 4.69) is 25.6 Å². The van der Waals surface area contributed by atoms with E-state index in [1.54, 1.807) is 11.8 Å². The third kappa shape index (κ3) is 3.82. The second-order valence-electron chi connectivity index (χ2n) is 6.75. The maximum atomic E-state index is 13.6. The number of nitrogens with one attached hydrogen (secondary N) is 2. The number of rotatable bonds is 3. The van der Waals surface area contributed by atoms with Crippen molar-refractivity contribution < 1.29 is 22.7 Å². The molecule has 2 N–H and O–H groups in total. The van der Waals surface area contributed by atoms with E-state index in [4.69, 9.17) is 4.74 Å². The minimum absolute atomic E-state index is 0.0604. The monoisotopic (exact) mass is 408 g/mol. The van der Waals surface area contributed by atoms with Gasteiger partial charge in [-0.1, -0.05) is 6.92 Å². The zero-order valence-electron chi connectivity index (χ0n) is 15.6. The first kappa shape index (κ1) is 19.4. The van der Waals surface area contributed by atoms with Crippen LogP contribution in [-0.2, 0) is 10.9 Å². The van der Waals surface area contributed by atoms with Crippen molar-refractivity contribution in [2.24, 2.45) is 0 Å². The zero-order valence-corrected chi connectivity index (χ0v) is 15.6. The normalized spacial score (nSPS) is 19.4. The molecule has 4 rings (SSSR count). The Labute approximate surface area is 164 Å². The molecule has 0 aromatic carbocycles. The fourth-order valence-electron chi connectivity index (χ4n) is 3.46. The number of fused-ring (bicyclic) bond motifs is 1. The van der Waals surface area contributed by atoms with Gasteiger partial charge in [-0.2, -0.15) is 13.2 Å². The minimum Gasteiger partial charge on any atom is -0.441 e. The molecule has 0 aliphatic carbocycles. The smallest absolute Gasteiger partial charge is 0.416 e. The number of aromatic nitrogens is 3. The zero-order chi connectivity index (χ0) is 20.6. The van der Waals surface area contributed by atoms with E-state index in [-0.39, 0.29) is 23.0 Å². The number of pyridine rings is 1. The summed E-state index contributed by atoms with van der Waals surface area (Å²) in [7, 11) is 0. The van der Waals surface area contributed by atoms with Crippen molar-refractivity contribution >= 4 is 17.7 Å². The fraction of sp³-hybridized carbons (Fsp3) is 0.444. The van der Waals surface area contributed by atoms with E-state index >= 15 is 0 Å². The van der Waals surface area contributed by atoms with Crippen molar-refractivity contribution in [2.45, 2.75) is 25.6 Å². The number of carbonyl (C=O) groups excluding carboxylic acids is 1. The second-order valence-corrected chi connectivity index (χ2v) is 6.75. The standard InChI is InChI=1S/C18H19F3N6O2/c1-2-12-14-15(23-9-24-16(14)26-17(28)29-12)11-7-10(18(19,20)21)8-13(25-11)27-5-3-22-4-6-27/h7-9,12,22H,2-6H2,1H3,(H,23,24,26,28). The molecule has 0 saturated carbocycles. The maximum absolute atomic E-state index is 13.6. The topological polar surface area (TPSA) is 92.3 Å². The summed E-state index contributed by atoms with van der Waals surface area (Å²) in [6, 6.07) is 2.02. The van der Waals surface area contributed by atoms with Gasteiger partial charge in [-0.3, -0.25) is 5.32 Å².